The van der Waals surface area contributed by atoms with Crippen LogP contribution in [0.1, 0.15) is 12.8 Å². The summed E-state index contributed by atoms with van der Waals surface area (Å²) in [7, 11) is 1.45. The van der Waals surface area contributed by atoms with E-state index in [1.54, 1.807) is 13.1 Å². The highest BCUT2D eigenvalue weighted by atomic mass is 79.9. The van der Waals surface area contributed by atoms with Gasteiger partial charge in [0.1, 0.15) is 4.90 Å². The van der Waals surface area contributed by atoms with Crippen LogP contribution >= 0.6 is 27.5 Å². The van der Waals surface area contributed by atoms with Crippen LogP contribution in [0.3, 0.4) is 0 Å². The molecule has 1 saturated heterocycles. The molecular weight excluding hydrogens is 392 g/mol. The topological polar surface area (TPSA) is 49.9 Å². The molecule has 0 unspecified atom stereocenters. The Morgan fingerprint density at radius 3 is 2.50 bits per heavy atom. The van der Waals surface area contributed by atoms with Gasteiger partial charge in [0.2, 0.25) is 10.0 Å². The summed E-state index contributed by atoms with van der Waals surface area (Å²) < 4.78 is 33.1. The third kappa shape index (κ3) is 3.59. The van der Waals surface area contributed by atoms with E-state index in [1.807, 2.05) is 7.05 Å². The van der Waals surface area contributed by atoms with Gasteiger partial charge in [0, 0.05) is 18.1 Å². The van der Waals surface area contributed by atoms with E-state index in [4.69, 9.17) is 16.3 Å². The molecule has 5 nitrogen and oxygen atoms in total. The molecule has 8 heteroatoms. The van der Waals surface area contributed by atoms with Crippen molar-refractivity contribution in [3.05, 3.63) is 21.6 Å². The summed E-state index contributed by atoms with van der Waals surface area (Å²) >= 11 is 9.32. The first kappa shape index (κ1) is 18.0. The third-order valence-corrected chi connectivity index (χ3v) is 6.76. The minimum Gasteiger partial charge on any atom is -0.494 e. The Bertz CT molecular complexity index is 646. The summed E-state index contributed by atoms with van der Waals surface area (Å²) in [6.45, 7) is 1.78. The van der Waals surface area contributed by atoms with Gasteiger partial charge >= 0.3 is 0 Å². The number of likely N-dealkylation sites (tertiary alicyclic amines) is 1. The van der Waals surface area contributed by atoms with Crippen molar-refractivity contribution >= 4 is 37.6 Å². The van der Waals surface area contributed by atoms with Crippen molar-refractivity contribution in [3.8, 4) is 5.75 Å². The van der Waals surface area contributed by atoms with Crippen LogP contribution in [0.25, 0.3) is 0 Å². The molecule has 0 spiro atoms. The first-order valence-electron chi connectivity index (χ1n) is 6.97. The fraction of sp³-hybridized carbons (Fsp3) is 0.571. The van der Waals surface area contributed by atoms with E-state index in [-0.39, 0.29) is 16.7 Å². The number of sulfonamides is 1. The van der Waals surface area contributed by atoms with Crippen LogP contribution in [0.4, 0.5) is 0 Å². The molecule has 0 aromatic heterocycles. The predicted octanol–water partition coefficient (Wildman–Crippen LogP) is 2.83. The quantitative estimate of drug-likeness (QED) is 0.764. The first-order chi connectivity index (χ1) is 10.3. The summed E-state index contributed by atoms with van der Waals surface area (Å²) in [5.74, 6) is 0.282. The summed E-state index contributed by atoms with van der Waals surface area (Å²) in [5, 5.41) is 0.350. The second-order valence-corrected chi connectivity index (χ2v) is 8.73. The molecule has 0 amide bonds. The van der Waals surface area contributed by atoms with E-state index >= 15 is 0 Å². The van der Waals surface area contributed by atoms with Crippen LogP contribution in [0.15, 0.2) is 21.5 Å². The van der Waals surface area contributed by atoms with Gasteiger partial charge < -0.3 is 9.64 Å². The maximum absolute atomic E-state index is 12.9. The zero-order valence-corrected chi connectivity index (χ0v) is 16.0. The Morgan fingerprint density at radius 2 is 1.95 bits per heavy atom. The van der Waals surface area contributed by atoms with Gasteiger partial charge in [-0.15, -0.1) is 0 Å². The van der Waals surface area contributed by atoms with E-state index in [1.165, 1.54) is 17.5 Å². The zero-order chi connectivity index (χ0) is 16.5. The number of halogens is 2. The maximum atomic E-state index is 12.9. The molecule has 1 aromatic carbocycles. The van der Waals surface area contributed by atoms with Crippen LogP contribution in [0, 0.1) is 0 Å². The Hall–Kier alpha value is -0.340. The number of hydrogen-bond donors (Lipinski definition) is 0. The zero-order valence-electron chi connectivity index (χ0n) is 12.8. The molecule has 124 valence electrons. The smallest absolute Gasteiger partial charge is 0.246 e. The van der Waals surface area contributed by atoms with Crippen LogP contribution in [0.5, 0.6) is 5.75 Å². The molecule has 0 saturated carbocycles. The number of nitrogens with zero attached hydrogens (tertiary/aromatic N) is 2. The average Bonchev–Trinajstić information content (AvgIpc) is 2.46. The number of piperidine rings is 1. The lowest BCUT2D eigenvalue weighted by molar-refractivity contribution is 0.197. The van der Waals surface area contributed by atoms with E-state index in [0.717, 1.165) is 25.9 Å². The Morgan fingerprint density at radius 1 is 1.36 bits per heavy atom. The Kier molecular flexibility index (Phi) is 5.77. The van der Waals surface area contributed by atoms with Gasteiger partial charge in [-0.05, 0) is 61.0 Å². The van der Waals surface area contributed by atoms with Gasteiger partial charge in [-0.3, -0.25) is 0 Å². The maximum Gasteiger partial charge on any atom is 0.246 e. The number of methoxy groups -OCH3 is 1. The molecule has 0 radical (unpaired) electrons. The van der Waals surface area contributed by atoms with Gasteiger partial charge in [0.05, 0.1) is 11.6 Å². The second-order valence-electron chi connectivity index (χ2n) is 5.47. The van der Waals surface area contributed by atoms with Gasteiger partial charge in [-0.2, -0.15) is 4.31 Å². The van der Waals surface area contributed by atoms with Gasteiger partial charge in [-0.25, -0.2) is 8.42 Å². The summed E-state index contributed by atoms with van der Waals surface area (Å²) in [6.07, 6.45) is 1.63. The van der Waals surface area contributed by atoms with E-state index < -0.39 is 10.0 Å². The molecule has 1 heterocycles. The average molecular weight is 412 g/mol. The lowest BCUT2D eigenvalue weighted by Crippen LogP contribution is -2.44. The lowest BCUT2D eigenvalue weighted by Gasteiger charge is -2.34. The minimum absolute atomic E-state index is 0.0105. The molecule has 0 atom stereocenters. The van der Waals surface area contributed by atoms with Crippen molar-refractivity contribution in [1.82, 2.24) is 9.21 Å². The highest BCUT2D eigenvalue weighted by molar-refractivity contribution is 9.10. The minimum atomic E-state index is -3.67. The van der Waals surface area contributed by atoms with E-state index in [2.05, 4.69) is 20.8 Å². The summed E-state index contributed by atoms with van der Waals surface area (Å²) in [6, 6.07) is 3.05. The van der Waals surface area contributed by atoms with Crippen molar-refractivity contribution in [2.24, 2.45) is 0 Å². The molecule has 2 rings (SSSR count). The molecule has 1 aliphatic rings. The molecular formula is C14H20BrClN2O3S. The van der Waals surface area contributed by atoms with Crippen molar-refractivity contribution in [2.75, 3.05) is 34.3 Å². The van der Waals surface area contributed by atoms with Crippen molar-refractivity contribution in [1.29, 1.82) is 0 Å². The van der Waals surface area contributed by atoms with Crippen molar-refractivity contribution in [3.63, 3.8) is 0 Å². The first-order valence-corrected chi connectivity index (χ1v) is 9.58. The molecule has 0 N–H and O–H groups in total. The number of hydrogen-bond acceptors (Lipinski definition) is 4. The third-order valence-electron chi connectivity index (χ3n) is 4.04. The van der Waals surface area contributed by atoms with E-state index in [9.17, 15) is 8.42 Å². The Labute approximate surface area is 145 Å². The van der Waals surface area contributed by atoms with Crippen LogP contribution in [0.2, 0.25) is 5.02 Å². The second kappa shape index (κ2) is 7.05. The number of benzene rings is 1. The van der Waals surface area contributed by atoms with E-state index in [0.29, 0.717) is 9.50 Å². The normalized spacial score (nSPS) is 17.9. The molecule has 0 bridgehead atoms. The number of ether oxygens (including phenoxy) is 1. The van der Waals surface area contributed by atoms with Crippen LogP contribution in [-0.4, -0.2) is 58.0 Å². The lowest BCUT2D eigenvalue weighted by atomic mass is 10.1. The fourth-order valence-electron chi connectivity index (χ4n) is 2.64. The standard InChI is InChI=1S/C14H20BrClN2O3S/c1-17-6-4-11(5-7-17)18(2)22(19,20)13-9-10(16)8-12(15)14(13)21-3/h8-9,11H,4-7H2,1-3H3. The molecule has 22 heavy (non-hydrogen) atoms. The van der Waals surface area contributed by atoms with Crippen molar-refractivity contribution < 1.29 is 13.2 Å². The van der Waals surface area contributed by atoms with Gasteiger partial charge in [-0.1, -0.05) is 11.6 Å². The van der Waals surface area contributed by atoms with Gasteiger partial charge in [0.15, 0.2) is 5.75 Å². The van der Waals surface area contributed by atoms with Gasteiger partial charge in [0.25, 0.3) is 0 Å². The van der Waals surface area contributed by atoms with Crippen LogP contribution in [-0.2, 0) is 10.0 Å². The van der Waals surface area contributed by atoms with Crippen LogP contribution < -0.4 is 4.74 Å². The fourth-order valence-corrected chi connectivity index (χ4v) is 5.42. The summed E-state index contributed by atoms with van der Waals surface area (Å²) in [5.41, 5.74) is 0. The Balaban J connectivity index is 2.38. The largest absolute Gasteiger partial charge is 0.494 e. The molecule has 1 aromatic rings. The molecule has 1 aliphatic heterocycles. The van der Waals surface area contributed by atoms with Crippen molar-refractivity contribution in [2.45, 2.75) is 23.8 Å². The predicted molar refractivity (Wildman–Crippen MR) is 91.2 cm³/mol. The SMILES string of the molecule is COc1c(Br)cc(Cl)cc1S(=O)(=O)N(C)C1CCN(C)CC1. The molecule has 1 fully saturated rings. The highest BCUT2D eigenvalue weighted by Gasteiger charge is 2.33. The highest BCUT2D eigenvalue weighted by Crippen LogP contribution is 2.37. The summed E-state index contributed by atoms with van der Waals surface area (Å²) in [4.78, 5) is 2.30. The molecule has 0 aliphatic carbocycles. The number of rotatable bonds is 4. The monoisotopic (exact) mass is 410 g/mol.